The predicted octanol–water partition coefficient (Wildman–Crippen LogP) is 1.91. The van der Waals surface area contributed by atoms with Crippen LogP contribution in [0.5, 0.6) is 0 Å². The largest absolute Gasteiger partial charge is 0.241 e. The smallest absolute Gasteiger partial charge is 0.235 e. The summed E-state index contributed by atoms with van der Waals surface area (Å²) in [5.74, 6) is 0. The van der Waals surface area contributed by atoms with Crippen LogP contribution in [0.4, 0.5) is 0 Å². The number of aliphatic imine (C=N–C) groups is 1. The third-order valence-electron chi connectivity index (χ3n) is 2.41. The Morgan fingerprint density at radius 2 is 2.27 bits per heavy atom. The second kappa shape index (κ2) is 3.33. The maximum Gasteiger partial charge on any atom is 0.235 e. The van der Waals surface area contributed by atoms with Crippen molar-refractivity contribution in [2.75, 3.05) is 0 Å². The molecular formula is C11H11N3O. The van der Waals surface area contributed by atoms with Crippen molar-refractivity contribution in [1.29, 1.82) is 0 Å². The van der Waals surface area contributed by atoms with E-state index in [9.17, 15) is 4.79 Å². The lowest BCUT2D eigenvalue weighted by Gasteiger charge is -2.15. The summed E-state index contributed by atoms with van der Waals surface area (Å²) in [4.78, 5) is 14.1. The fraction of sp³-hybridized carbons (Fsp3) is 0.273. The molecule has 2 aromatic rings. The zero-order chi connectivity index (χ0) is 10.9. The van der Waals surface area contributed by atoms with Crippen molar-refractivity contribution in [2.24, 2.45) is 4.99 Å². The van der Waals surface area contributed by atoms with Crippen molar-refractivity contribution in [3.63, 3.8) is 0 Å². The van der Waals surface area contributed by atoms with Crippen molar-refractivity contribution < 1.29 is 4.79 Å². The summed E-state index contributed by atoms with van der Waals surface area (Å²) < 4.78 is 1.76. The second-order valence-corrected chi connectivity index (χ2v) is 3.85. The number of isocyanates is 1. The van der Waals surface area contributed by atoms with Gasteiger partial charge in [-0.2, -0.15) is 10.1 Å². The van der Waals surface area contributed by atoms with Crippen molar-refractivity contribution in [3.05, 3.63) is 36.2 Å². The number of hydrogen-bond acceptors (Lipinski definition) is 3. The van der Waals surface area contributed by atoms with Gasteiger partial charge in [-0.3, -0.25) is 0 Å². The minimum atomic E-state index is -0.579. The molecule has 0 fully saturated rings. The van der Waals surface area contributed by atoms with Gasteiger partial charge in [0, 0.05) is 11.8 Å². The maximum absolute atomic E-state index is 10.3. The lowest BCUT2D eigenvalue weighted by molar-refractivity contribution is 0.525. The Bertz CT molecular complexity index is 536. The van der Waals surface area contributed by atoms with E-state index in [1.165, 1.54) is 0 Å². The normalized spacial score (nSPS) is 11.3. The molecule has 2 heterocycles. The minimum absolute atomic E-state index is 0.579. The van der Waals surface area contributed by atoms with Crippen LogP contribution in [0.15, 0.2) is 35.6 Å². The second-order valence-electron chi connectivity index (χ2n) is 3.85. The molecule has 0 spiro atoms. The molecule has 0 aromatic carbocycles. The van der Waals surface area contributed by atoms with Gasteiger partial charge in [-0.15, -0.1) is 0 Å². The first-order chi connectivity index (χ1) is 7.15. The van der Waals surface area contributed by atoms with E-state index in [1.54, 1.807) is 16.8 Å². The Balaban J connectivity index is 2.67. The van der Waals surface area contributed by atoms with Gasteiger partial charge in [0.05, 0.1) is 17.3 Å². The van der Waals surface area contributed by atoms with E-state index in [2.05, 4.69) is 10.1 Å². The molecular weight excluding hydrogens is 190 g/mol. The molecule has 15 heavy (non-hydrogen) atoms. The van der Waals surface area contributed by atoms with E-state index in [0.717, 1.165) is 11.1 Å². The van der Waals surface area contributed by atoms with Crippen molar-refractivity contribution >= 4 is 11.6 Å². The van der Waals surface area contributed by atoms with E-state index in [0.29, 0.717) is 0 Å². The Morgan fingerprint density at radius 3 is 3.00 bits per heavy atom. The fourth-order valence-electron chi connectivity index (χ4n) is 1.58. The lowest BCUT2D eigenvalue weighted by Crippen LogP contribution is -2.12. The summed E-state index contributed by atoms with van der Waals surface area (Å²) in [5, 5.41) is 4.19. The quantitative estimate of drug-likeness (QED) is 0.550. The van der Waals surface area contributed by atoms with Crippen molar-refractivity contribution in [2.45, 2.75) is 19.4 Å². The Kier molecular flexibility index (Phi) is 2.14. The molecule has 2 aromatic heterocycles. The molecule has 0 amide bonds. The van der Waals surface area contributed by atoms with Gasteiger partial charge in [0.2, 0.25) is 6.08 Å². The van der Waals surface area contributed by atoms with Crippen LogP contribution in [0.25, 0.3) is 5.52 Å². The summed E-state index contributed by atoms with van der Waals surface area (Å²) in [6, 6.07) is 5.78. The van der Waals surface area contributed by atoms with E-state index in [4.69, 9.17) is 0 Å². The summed E-state index contributed by atoms with van der Waals surface area (Å²) in [5.41, 5.74) is 1.30. The van der Waals surface area contributed by atoms with Gasteiger partial charge in [-0.25, -0.2) is 9.31 Å². The summed E-state index contributed by atoms with van der Waals surface area (Å²) >= 11 is 0. The Labute approximate surface area is 87.3 Å². The molecule has 2 rings (SSSR count). The van der Waals surface area contributed by atoms with Gasteiger partial charge in [-0.1, -0.05) is 6.07 Å². The Morgan fingerprint density at radius 1 is 1.47 bits per heavy atom. The lowest BCUT2D eigenvalue weighted by atomic mass is 9.97. The fourth-order valence-corrected chi connectivity index (χ4v) is 1.58. The van der Waals surface area contributed by atoms with E-state index >= 15 is 0 Å². The molecule has 0 atom stereocenters. The predicted molar refractivity (Wildman–Crippen MR) is 56.3 cm³/mol. The highest BCUT2D eigenvalue weighted by atomic mass is 16.1. The van der Waals surface area contributed by atoms with Gasteiger partial charge < -0.3 is 0 Å². The first-order valence-electron chi connectivity index (χ1n) is 4.67. The van der Waals surface area contributed by atoms with E-state index in [1.807, 2.05) is 38.2 Å². The van der Waals surface area contributed by atoms with Crippen LogP contribution in [-0.4, -0.2) is 15.7 Å². The molecule has 0 saturated heterocycles. The zero-order valence-electron chi connectivity index (χ0n) is 8.64. The molecule has 4 heteroatoms. The summed E-state index contributed by atoms with van der Waals surface area (Å²) in [6.07, 6.45) is 5.19. The third kappa shape index (κ3) is 1.55. The van der Waals surface area contributed by atoms with Crippen LogP contribution in [0.1, 0.15) is 19.4 Å². The molecule has 76 valence electrons. The van der Waals surface area contributed by atoms with E-state index in [-0.39, 0.29) is 0 Å². The number of aromatic nitrogens is 2. The number of rotatable bonds is 2. The van der Waals surface area contributed by atoms with Crippen LogP contribution in [0.2, 0.25) is 0 Å². The zero-order valence-corrected chi connectivity index (χ0v) is 8.64. The molecule has 0 bridgehead atoms. The minimum Gasteiger partial charge on any atom is -0.241 e. The first-order valence-corrected chi connectivity index (χ1v) is 4.67. The molecule has 0 aliphatic heterocycles. The SMILES string of the molecule is CC(C)(N=C=O)c1cnn2ccccc12. The molecule has 0 aliphatic carbocycles. The molecule has 0 saturated carbocycles. The average Bonchev–Trinajstić information content (AvgIpc) is 2.61. The highest BCUT2D eigenvalue weighted by Crippen LogP contribution is 2.27. The van der Waals surface area contributed by atoms with Gasteiger partial charge in [0.1, 0.15) is 0 Å². The highest BCUT2D eigenvalue weighted by molar-refractivity contribution is 5.57. The maximum atomic E-state index is 10.3. The van der Waals surface area contributed by atoms with Crippen LogP contribution in [-0.2, 0) is 10.3 Å². The molecule has 0 unspecified atom stereocenters. The van der Waals surface area contributed by atoms with Gasteiger partial charge in [-0.05, 0) is 26.0 Å². The standard InChI is InChI=1S/C11H11N3O/c1-11(2,12-8-15)9-7-13-14-6-4-3-5-10(9)14/h3-7H,1-2H3. The number of pyridine rings is 1. The molecule has 0 radical (unpaired) electrons. The average molecular weight is 201 g/mol. The number of carbonyl (C=O) groups excluding carboxylic acids is 1. The highest BCUT2D eigenvalue weighted by Gasteiger charge is 2.23. The molecule has 0 N–H and O–H groups in total. The number of nitrogens with zero attached hydrogens (tertiary/aromatic N) is 3. The van der Waals surface area contributed by atoms with Gasteiger partial charge in [0.15, 0.2) is 0 Å². The molecule has 0 aliphatic rings. The molecule has 4 nitrogen and oxygen atoms in total. The number of fused-ring (bicyclic) bond motifs is 1. The monoisotopic (exact) mass is 201 g/mol. The summed E-state index contributed by atoms with van der Waals surface area (Å²) in [7, 11) is 0. The van der Waals surface area contributed by atoms with Crippen molar-refractivity contribution in [1.82, 2.24) is 9.61 Å². The van der Waals surface area contributed by atoms with Crippen molar-refractivity contribution in [3.8, 4) is 0 Å². The van der Waals surface area contributed by atoms with Crippen LogP contribution in [0.3, 0.4) is 0 Å². The van der Waals surface area contributed by atoms with Crippen LogP contribution in [0, 0.1) is 0 Å². The number of hydrogen-bond donors (Lipinski definition) is 0. The first kappa shape index (κ1) is 9.62. The van der Waals surface area contributed by atoms with E-state index < -0.39 is 5.54 Å². The van der Waals surface area contributed by atoms with Crippen LogP contribution < -0.4 is 0 Å². The summed E-state index contributed by atoms with van der Waals surface area (Å²) in [6.45, 7) is 3.73. The topological polar surface area (TPSA) is 46.7 Å². The van der Waals surface area contributed by atoms with Crippen LogP contribution >= 0.6 is 0 Å². The third-order valence-corrected chi connectivity index (χ3v) is 2.41. The van der Waals surface area contributed by atoms with Gasteiger partial charge in [0.25, 0.3) is 0 Å². The van der Waals surface area contributed by atoms with Gasteiger partial charge >= 0.3 is 0 Å². The Hall–Kier alpha value is -1.93.